The molecular weight excluding hydrogens is 180 g/mol. The van der Waals surface area contributed by atoms with Gasteiger partial charge in [-0.25, -0.2) is 4.79 Å². The second-order valence-corrected chi connectivity index (χ2v) is 2.58. The van der Waals surface area contributed by atoms with Crippen molar-refractivity contribution in [2.75, 3.05) is 6.61 Å². The maximum Gasteiger partial charge on any atom is 0.356 e. The lowest BCUT2D eigenvalue weighted by Crippen LogP contribution is -2.10. The van der Waals surface area contributed by atoms with E-state index in [2.05, 4.69) is 5.10 Å². The number of rotatable bonds is 2. The van der Waals surface area contributed by atoms with Crippen molar-refractivity contribution in [2.45, 2.75) is 6.92 Å². The minimum Gasteiger partial charge on any atom is -0.461 e. The Bertz CT molecular complexity index is 296. The van der Waals surface area contributed by atoms with E-state index in [1.54, 1.807) is 14.0 Å². The number of aromatic nitrogens is 2. The molecule has 66 valence electrons. The van der Waals surface area contributed by atoms with Crippen LogP contribution in [-0.2, 0) is 11.8 Å². The zero-order valence-corrected chi connectivity index (χ0v) is 7.63. The molecule has 1 aromatic heterocycles. The van der Waals surface area contributed by atoms with Gasteiger partial charge in [-0.05, 0) is 6.92 Å². The Kier molecular flexibility index (Phi) is 2.70. The molecule has 1 heterocycles. The molecule has 1 aromatic rings. The van der Waals surface area contributed by atoms with Crippen molar-refractivity contribution in [3.8, 4) is 0 Å². The van der Waals surface area contributed by atoms with Crippen LogP contribution in [0.1, 0.15) is 17.4 Å². The highest BCUT2D eigenvalue weighted by Gasteiger charge is 2.12. The van der Waals surface area contributed by atoms with Crippen molar-refractivity contribution in [3.05, 3.63) is 16.9 Å². The Balaban J connectivity index is 2.87. The van der Waals surface area contributed by atoms with Crippen LogP contribution in [-0.4, -0.2) is 22.4 Å². The van der Waals surface area contributed by atoms with Gasteiger partial charge >= 0.3 is 5.97 Å². The van der Waals surface area contributed by atoms with Crippen molar-refractivity contribution in [3.63, 3.8) is 0 Å². The number of carbonyl (C=O) groups is 1. The highest BCUT2D eigenvalue weighted by Crippen LogP contribution is 2.09. The molecule has 5 heteroatoms. The number of carbonyl (C=O) groups excluding carboxylic acids is 1. The van der Waals surface area contributed by atoms with Gasteiger partial charge in [-0.2, -0.15) is 5.10 Å². The second-order valence-electron chi connectivity index (χ2n) is 2.20. The maximum atomic E-state index is 11.1. The fraction of sp³-hybridized carbons (Fsp3) is 0.429. The third-order valence-electron chi connectivity index (χ3n) is 1.33. The quantitative estimate of drug-likeness (QED) is 0.657. The van der Waals surface area contributed by atoms with E-state index < -0.39 is 5.97 Å². The van der Waals surface area contributed by atoms with E-state index in [0.717, 1.165) is 0 Å². The van der Waals surface area contributed by atoms with Gasteiger partial charge in [0.25, 0.3) is 0 Å². The fourth-order valence-electron chi connectivity index (χ4n) is 0.828. The van der Waals surface area contributed by atoms with E-state index in [1.807, 2.05) is 0 Å². The number of halogens is 1. The molecule has 0 aliphatic rings. The molecule has 0 spiro atoms. The lowest BCUT2D eigenvalue weighted by Gasteiger charge is -1.99. The molecule has 0 amide bonds. The molecule has 4 nitrogen and oxygen atoms in total. The van der Waals surface area contributed by atoms with E-state index in [9.17, 15) is 4.79 Å². The summed E-state index contributed by atoms with van der Waals surface area (Å²) in [6.07, 6.45) is 0. The average Bonchev–Trinajstić information content (AvgIpc) is 2.30. The van der Waals surface area contributed by atoms with Crippen molar-refractivity contribution < 1.29 is 9.53 Å². The van der Waals surface area contributed by atoms with Gasteiger partial charge < -0.3 is 4.74 Å². The highest BCUT2D eigenvalue weighted by molar-refractivity contribution is 6.29. The molecular formula is C7H9ClN2O2. The summed E-state index contributed by atoms with van der Waals surface area (Å²) in [4.78, 5) is 11.1. The third kappa shape index (κ3) is 1.76. The van der Waals surface area contributed by atoms with Gasteiger partial charge in [0, 0.05) is 13.1 Å². The standard InChI is InChI=1S/C7H9ClN2O2/c1-3-12-7(11)5-4-6(8)9-10(5)2/h4H,3H2,1-2H3. The first-order valence-electron chi connectivity index (χ1n) is 3.51. The minimum atomic E-state index is -0.403. The predicted molar refractivity (Wildman–Crippen MR) is 44.2 cm³/mol. The lowest BCUT2D eigenvalue weighted by atomic mass is 10.4. The van der Waals surface area contributed by atoms with Crippen molar-refractivity contribution in [1.82, 2.24) is 9.78 Å². The Labute approximate surface area is 75.1 Å². The maximum absolute atomic E-state index is 11.1. The van der Waals surface area contributed by atoms with E-state index in [4.69, 9.17) is 16.3 Å². The zero-order chi connectivity index (χ0) is 9.14. The first-order valence-corrected chi connectivity index (χ1v) is 3.89. The van der Waals surface area contributed by atoms with E-state index in [0.29, 0.717) is 17.5 Å². The number of ether oxygens (including phenoxy) is 1. The van der Waals surface area contributed by atoms with Crippen LogP contribution in [0.3, 0.4) is 0 Å². The van der Waals surface area contributed by atoms with Crippen LogP contribution in [0.15, 0.2) is 6.07 Å². The summed E-state index contributed by atoms with van der Waals surface area (Å²) in [5.41, 5.74) is 0.363. The van der Waals surface area contributed by atoms with Crippen LogP contribution >= 0.6 is 11.6 Å². The normalized spacial score (nSPS) is 9.92. The van der Waals surface area contributed by atoms with Gasteiger partial charge in [0.15, 0.2) is 5.15 Å². The second kappa shape index (κ2) is 3.58. The van der Waals surface area contributed by atoms with Gasteiger partial charge in [0.1, 0.15) is 5.69 Å². The molecule has 0 bridgehead atoms. The monoisotopic (exact) mass is 188 g/mol. The van der Waals surface area contributed by atoms with Crippen LogP contribution in [0.4, 0.5) is 0 Å². The molecule has 0 atom stereocenters. The number of hydrogen-bond acceptors (Lipinski definition) is 3. The summed E-state index contributed by atoms with van der Waals surface area (Å²) in [6, 6.07) is 1.47. The number of esters is 1. The minimum absolute atomic E-state index is 0.292. The average molecular weight is 189 g/mol. The number of aryl methyl sites for hydroxylation is 1. The molecule has 0 radical (unpaired) electrons. The van der Waals surface area contributed by atoms with Gasteiger partial charge in [-0.3, -0.25) is 4.68 Å². The number of nitrogens with zero attached hydrogens (tertiary/aromatic N) is 2. The molecule has 0 unspecified atom stereocenters. The van der Waals surface area contributed by atoms with Gasteiger partial charge in [0.2, 0.25) is 0 Å². The molecule has 0 aromatic carbocycles. The Morgan fingerprint density at radius 1 is 1.83 bits per heavy atom. The van der Waals surface area contributed by atoms with Gasteiger partial charge in [-0.15, -0.1) is 0 Å². The van der Waals surface area contributed by atoms with E-state index >= 15 is 0 Å². The van der Waals surface area contributed by atoms with Crippen LogP contribution in [0, 0.1) is 0 Å². The third-order valence-corrected chi connectivity index (χ3v) is 1.52. The SMILES string of the molecule is CCOC(=O)c1cc(Cl)nn1C. The van der Waals surface area contributed by atoms with Crippen LogP contribution in [0.25, 0.3) is 0 Å². The van der Waals surface area contributed by atoms with Crippen LogP contribution in [0.2, 0.25) is 5.15 Å². The highest BCUT2D eigenvalue weighted by atomic mass is 35.5. The van der Waals surface area contributed by atoms with Crippen LogP contribution < -0.4 is 0 Å². The largest absolute Gasteiger partial charge is 0.461 e. The van der Waals surface area contributed by atoms with E-state index in [1.165, 1.54) is 10.7 Å². The first kappa shape index (κ1) is 9.06. The Morgan fingerprint density at radius 2 is 2.50 bits per heavy atom. The van der Waals surface area contributed by atoms with Crippen LogP contribution in [0.5, 0.6) is 0 Å². The van der Waals surface area contributed by atoms with Crippen molar-refractivity contribution in [2.24, 2.45) is 7.05 Å². The number of hydrogen-bond donors (Lipinski definition) is 0. The molecule has 0 aliphatic carbocycles. The molecule has 1 rings (SSSR count). The summed E-state index contributed by atoms with van der Waals surface area (Å²) in [6.45, 7) is 2.09. The van der Waals surface area contributed by atoms with Gasteiger partial charge in [-0.1, -0.05) is 11.6 Å². The summed E-state index contributed by atoms with van der Waals surface area (Å²) in [7, 11) is 1.64. The molecule has 0 saturated carbocycles. The summed E-state index contributed by atoms with van der Waals surface area (Å²) >= 11 is 5.57. The molecule has 0 saturated heterocycles. The fourth-order valence-corrected chi connectivity index (χ4v) is 1.05. The smallest absolute Gasteiger partial charge is 0.356 e. The lowest BCUT2D eigenvalue weighted by molar-refractivity contribution is 0.0513. The van der Waals surface area contributed by atoms with E-state index in [-0.39, 0.29) is 0 Å². The summed E-state index contributed by atoms with van der Waals surface area (Å²) < 4.78 is 6.15. The van der Waals surface area contributed by atoms with Crippen molar-refractivity contribution >= 4 is 17.6 Å². The Morgan fingerprint density at radius 3 is 2.92 bits per heavy atom. The topological polar surface area (TPSA) is 44.1 Å². The van der Waals surface area contributed by atoms with Crippen molar-refractivity contribution in [1.29, 1.82) is 0 Å². The molecule has 0 N–H and O–H groups in total. The summed E-state index contributed by atoms with van der Waals surface area (Å²) in [5, 5.41) is 4.09. The Hall–Kier alpha value is -1.03. The molecule has 12 heavy (non-hydrogen) atoms. The molecule has 0 fully saturated rings. The summed E-state index contributed by atoms with van der Waals surface area (Å²) in [5.74, 6) is -0.403. The predicted octanol–water partition coefficient (Wildman–Crippen LogP) is 1.25. The zero-order valence-electron chi connectivity index (χ0n) is 6.87. The van der Waals surface area contributed by atoms with Gasteiger partial charge in [0.05, 0.1) is 6.61 Å². The first-order chi connectivity index (χ1) is 5.65. The molecule has 0 aliphatic heterocycles.